The maximum atomic E-state index is 12.8. The molecule has 2 aromatic rings. The lowest BCUT2D eigenvalue weighted by atomic mass is 9.75. The maximum absolute atomic E-state index is 12.8. The molecule has 1 N–H and O–H groups in total. The van der Waals surface area contributed by atoms with Gasteiger partial charge in [0.25, 0.3) is 0 Å². The van der Waals surface area contributed by atoms with Crippen molar-refractivity contribution < 1.29 is 9.90 Å². The minimum Gasteiger partial charge on any atom is -0.384 e. The lowest BCUT2D eigenvalue weighted by Gasteiger charge is -2.34. The molecule has 0 aliphatic rings. The summed E-state index contributed by atoms with van der Waals surface area (Å²) in [6.45, 7) is 3.92. The molecule has 0 heterocycles. The third-order valence-corrected chi connectivity index (χ3v) is 4.35. The Labute approximate surface area is 132 Å². The Morgan fingerprint density at radius 1 is 1.05 bits per heavy atom. The topological polar surface area (TPSA) is 37.3 Å². The fraction of sp³-hybridized carbons (Fsp3) is 0.350. The molecule has 0 spiro atoms. The van der Waals surface area contributed by atoms with Crippen molar-refractivity contribution in [3.05, 3.63) is 71.8 Å². The van der Waals surface area contributed by atoms with E-state index in [1.165, 1.54) is 0 Å². The van der Waals surface area contributed by atoms with Crippen LogP contribution in [0.1, 0.15) is 49.0 Å². The first-order valence-corrected chi connectivity index (χ1v) is 7.96. The van der Waals surface area contributed by atoms with E-state index in [-0.39, 0.29) is 5.78 Å². The molecule has 0 aromatic heterocycles. The van der Waals surface area contributed by atoms with Crippen LogP contribution in [0.5, 0.6) is 0 Å². The van der Waals surface area contributed by atoms with Crippen molar-refractivity contribution in [2.75, 3.05) is 0 Å². The second-order valence-corrected chi connectivity index (χ2v) is 5.85. The van der Waals surface area contributed by atoms with Gasteiger partial charge >= 0.3 is 0 Å². The first-order valence-electron chi connectivity index (χ1n) is 7.96. The monoisotopic (exact) mass is 296 g/mol. The fourth-order valence-corrected chi connectivity index (χ4v) is 2.85. The predicted molar refractivity (Wildman–Crippen MR) is 89.8 cm³/mol. The number of aliphatic hydroxyl groups is 1. The molecule has 0 aliphatic heterocycles. The smallest absolute Gasteiger partial charge is 0.168 e. The highest BCUT2D eigenvalue weighted by molar-refractivity contribution is 5.98. The molecule has 0 radical (unpaired) electrons. The molecule has 0 amide bonds. The average Bonchev–Trinajstić information content (AvgIpc) is 2.60. The Hall–Kier alpha value is -1.93. The second-order valence-electron chi connectivity index (χ2n) is 5.85. The number of unbranched alkanes of at least 4 members (excludes halogenated alkanes) is 1. The minimum atomic E-state index is -1.12. The first-order chi connectivity index (χ1) is 10.6. The number of hydrogen-bond acceptors (Lipinski definition) is 2. The van der Waals surface area contributed by atoms with Gasteiger partial charge < -0.3 is 5.11 Å². The number of carbonyl (C=O) groups excluding carboxylic acids is 1. The lowest BCUT2D eigenvalue weighted by molar-refractivity contribution is -0.0183. The van der Waals surface area contributed by atoms with Gasteiger partial charge in [-0.2, -0.15) is 0 Å². The number of carbonyl (C=O) groups is 1. The molecule has 0 aliphatic carbocycles. The normalized spacial score (nSPS) is 15.0. The van der Waals surface area contributed by atoms with E-state index in [0.717, 1.165) is 18.4 Å². The average molecular weight is 296 g/mol. The van der Waals surface area contributed by atoms with Crippen LogP contribution in [0.15, 0.2) is 60.7 Å². The SMILES string of the molecule is CCCC[C@@](O)(c1ccccc1)[C@H](C)C(=O)c1ccccc1. The molecule has 22 heavy (non-hydrogen) atoms. The van der Waals surface area contributed by atoms with Gasteiger partial charge in [0.05, 0.1) is 11.5 Å². The molecule has 0 saturated carbocycles. The summed E-state index contributed by atoms with van der Waals surface area (Å²) in [6, 6.07) is 18.8. The van der Waals surface area contributed by atoms with E-state index in [1.54, 1.807) is 0 Å². The molecule has 2 nitrogen and oxygen atoms in total. The summed E-state index contributed by atoms with van der Waals surface area (Å²) in [7, 11) is 0. The molecule has 2 heteroatoms. The van der Waals surface area contributed by atoms with Gasteiger partial charge in [-0.1, -0.05) is 87.4 Å². The van der Waals surface area contributed by atoms with Gasteiger partial charge in [-0.15, -0.1) is 0 Å². The van der Waals surface area contributed by atoms with E-state index in [1.807, 2.05) is 67.6 Å². The standard InChI is InChI=1S/C20H24O2/c1-3-4-15-20(22,18-13-9-6-10-14-18)16(2)19(21)17-11-7-5-8-12-17/h5-14,16,22H,3-4,15H2,1-2H3/t16-,20+/m1/s1. The van der Waals surface area contributed by atoms with Gasteiger partial charge in [-0.3, -0.25) is 4.79 Å². The van der Waals surface area contributed by atoms with E-state index >= 15 is 0 Å². The van der Waals surface area contributed by atoms with Gasteiger partial charge in [0, 0.05) is 5.56 Å². The molecular weight excluding hydrogens is 272 g/mol. The van der Waals surface area contributed by atoms with Crippen molar-refractivity contribution in [2.24, 2.45) is 5.92 Å². The van der Waals surface area contributed by atoms with Crippen molar-refractivity contribution >= 4 is 5.78 Å². The van der Waals surface area contributed by atoms with Crippen molar-refractivity contribution in [1.82, 2.24) is 0 Å². The number of benzene rings is 2. The molecule has 0 saturated heterocycles. The Kier molecular flexibility index (Phi) is 5.51. The van der Waals surface area contributed by atoms with Crippen molar-refractivity contribution in [3.8, 4) is 0 Å². The van der Waals surface area contributed by atoms with Crippen molar-refractivity contribution in [1.29, 1.82) is 0 Å². The summed E-state index contributed by atoms with van der Waals surface area (Å²) in [5, 5.41) is 11.3. The van der Waals surface area contributed by atoms with Crippen LogP contribution in [0.2, 0.25) is 0 Å². The fourth-order valence-electron chi connectivity index (χ4n) is 2.85. The van der Waals surface area contributed by atoms with Crippen LogP contribution in [0.4, 0.5) is 0 Å². The van der Waals surface area contributed by atoms with Crippen LogP contribution in [0.3, 0.4) is 0 Å². The maximum Gasteiger partial charge on any atom is 0.168 e. The third kappa shape index (κ3) is 3.45. The van der Waals surface area contributed by atoms with Crippen LogP contribution in [-0.4, -0.2) is 10.9 Å². The zero-order valence-corrected chi connectivity index (χ0v) is 13.3. The summed E-state index contributed by atoms with van der Waals surface area (Å²) < 4.78 is 0. The third-order valence-electron chi connectivity index (χ3n) is 4.35. The number of Topliss-reactive ketones (excluding diaryl/α,β-unsaturated/α-hetero) is 1. The van der Waals surface area contributed by atoms with E-state index in [2.05, 4.69) is 6.92 Å². The molecule has 0 unspecified atom stereocenters. The Morgan fingerprint density at radius 2 is 1.59 bits per heavy atom. The summed E-state index contributed by atoms with van der Waals surface area (Å²) >= 11 is 0. The van der Waals surface area contributed by atoms with Gasteiger partial charge in [-0.05, 0) is 12.0 Å². The van der Waals surface area contributed by atoms with Gasteiger partial charge in [0.1, 0.15) is 0 Å². The van der Waals surface area contributed by atoms with Crippen LogP contribution < -0.4 is 0 Å². The Balaban J connectivity index is 2.34. The zero-order valence-electron chi connectivity index (χ0n) is 13.3. The Morgan fingerprint density at radius 3 is 2.14 bits per heavy atom. The molecule has 2 aromatic carbocycles. The van der Waals surface area contributed by atoms with Crippen LogP contribution >= 0.6 is 0 Å². The highest BCUT2D eigenvalue weighted by Gasteiger charge is 2.39. The van der Waals surface area contributed by atoms with Crippen LogP contribution in [-0.2, 0) is 5.60 Å². The van der Waals surface area contributed by atoms with E-state index in [9.17, 15) is 9.90 Å². The van der Waals surface area contributed by atoms with Gasteiger partial charge in [0.2, 0.25) is 0 Å². The lowest BCUT2D eigenvalue weighted by Crippen LogP contribution is -2.38. The summed E-state index contributed by atoms with van der Waals surface area (Å²) in [5.41, 5.74) is 0.352. The van der Waals surface area contributed by atoms with Crippen molar-refractivity contribution in [3.63, 3.8) is 0 Å². The minimum absolute atomic E-state index is 0.0111. The summed E-state index contributed by atoms with van der Waals surface area (Å²) in [6.07, 6.45) is 2.46. The van der Waals surface area contributed by atoms with E-state index in [0.29, 0.717) is 12.0 Å². The molecule has 0 bridgehead atoms. The predicted octanol–water partition coefficient (Wildman–Crippen LogP) is 4.58. The molecule has 2 atom stereocenters. The van der Waals surface area contributed by atoms with E-state index < -0.39 is 11.5 Å². The quantitative estimate of drug-likeness (QED) is 0.759. The molecule has 0 fully saturated rings. The molecular formula is C20H24O2. The van der Waals surface area contributed by atoms with E-state index in [4.69, 9.17) is 0 Å². The van der Waals surface area contributed by atoms with Crippen LogP contribution in [0.25, 0.3) is 0 Å². The molecule has 2 rings (SSSR count). The zero-order chi connectivity index (χ0) is 16.0. The van der Waals surface area contributed by atoms with Gasteiger partial charge in [0.15, 0.2) is 5.78 Å². The summed E-state index contributed by atoms with van der Waals surface area (Å²) in [5.74, 6) is -0.494. The first kappa shape index (κ1) is 16.4. The number of hydrogen-bond donors (Lipinski definition) is 1. The number of ketones is 1. The second kappa shape index (κ2) is 7.37. The molecule has 116 valence electrons. The van der Waals surface area contributed by atoms with Crippen molar-refractivity contribution in [2.45, 2.75) is 38.7 Å². The van der Waals surface area contributed by atoms with Crippen LogP contribution in [0, 0.1) is 5.92 Å². The number of rotatable bonds is 7. The highest BCUT2D eigenvalue weighted by atomic mass is 16.3. The largest absolute Gasteiger partial charge is 0.384 e. The summed E-state index contributed by atoms with van der Waals surface area (Å²) in [4.78, 5) is 12.8. The van der Waals surface area contributed by atoms with Gasteiger partial charge in [-0.25, -0.2) is 0 Å². The Bertz CT molecular complexity index is 592. The highest BCUT2D eigenvalue weighted by Crippen LogP contribution is 2.36.